The third-order valence-electron chi connectivity index (χ3n) is 3.29. The molecule has 84 valence electrons. The first-order chi connectivity index (χ1) is 7.72. The highest BCUT2D eigenvalue weighted by Gasteiger charge is 2.13. The average molecular weight is 214 g/mol. The molecule has 0 bridgehead atoms. The SMILES string of the molecule is CNC(C)C(C)c1ccc2ccccc2n1. The van der Waals surface area contributed by atoms with Crippen molar-refractivity contribution in [1.82, 2.24) is 10.3 Å². The van der Waals surface area contributed by atoms with Crippen molar-refractivity contribution < 1.29 is 0 Å². The van der Waals surface area contributed by atoms with Crippen LogP contribution in [0.15, 0.2) is 36.4 Å². The van der Waals surface area contributed by atoms with Crippen LogP contribution in [0.3, 0.4) is 0 Å². The molecule has 2 unspecified atom stereocenters. The molecule has 16 heavy (non-hydrogen) atoms. The Balaban J connectivity index is 2.39. The number of nitrogens with one attached hydrogen (secondary N) is 1. The van der Waals surface area contributed by atoms with E-state index >= 15 is 0 Å². The van der Waals surface area contributed by atoms with Crippen molar-refractivity contribution in [3.05, 3.63) is 42.1 Å². The van der Waals surface area contributed by atoms with Crippen LogP contribution in [-0.4, -0.2) is 18.1 Å². The third-order valence-corrected chi connectivity index (χ3v) is 3.29. The summed E-state index contributed by atoms with van der Waals surface area (Å²) < 4.78 is 0. The molecule has 2 rings (SSSR count). The molecule has 1 aromatic heterocycles. The van der Waals surface area contributed by atoms with Crippen molar-refractivity contribution in [3.8, 4) is 0 Å². The van der Waals surface area contributed by atoms with E-state index in [1.165, 1.54) is 5.39 Å². The van der Waals surface area contributed by atoms with E-state index in [0.717, 1.165) is 11.2 Å². The van der Waals surface area contributed by atoms with Gasteiger partial charge in [-0.15, -0.1) is 0 Å². The molecule has 2 aromatic rings. The molecular weight excluding hydrogens is 196 g/mol. The number of rotatable bonds is 3. The summed E-state index contributed by atoms with van der Waals surface area (Å²) in [5.41, 5.74) is 2.23. The molecule has 2 heteroatoms. The van der Waals surface area contributed by atoms with Crippen molar-refractivity contribution >= 4 is 10.9 Å². The second-order valence-electron chi connectivity index (χ2n) is 4.29. The number of hydrogen-bond donors (Lipinski definition) is 1. The zero-order chi connectivity index (χ0) is 11.5. The summed E-state index contributed by atoms with van der Waals surface area (Å²) in [5.74, 6) is 0.426. The normalized spacial score (nSPS) is 14.9. The number of aromatic nitrogens is 1. The maximum absolute atomic E-state index is 4.70. The highest BCUT2D eigenvalue weighted by atomic mass is 14.9. The average Bonchev–Trinajstić information content (AvgIpc) is 2.36. The first-order valence-corrected chi connectivity index (χ1v) is 5.75. The molecule has 1 N–H and O–H groups in total. The van der Waals surface area contributed by atoms with Gasteiger partial charge in [0.25, 0.3) is 0 Å². The van der Waals surface area contributed by atoms with Crippen molar-refractivity contribution in [2.45, 2.75) is 25.8 Å². The number of hydrogen-bond acceptors (Lipinski definition) is 2. The van der Waals surface area contributed by atoms with Crippen molar-refractivity contribution in [2.24, 2.45) is 0 Å². The number of pyridine rings is 1. The quantitative estimate of drug-likeness (QED) is 0.849. The molecule has 0 aliphatic rings. The first-order valence-electron chi connectivity index (χ1n) is 5.75. The van der Waals surface area contributed by atoms with E-state index in [2.05, 4.69) is 43.4 Å². The van der Waals surface area contributed by atoms with E-state index in [-0.39, 0.29) is 0 Å². The summed E-state index contributed by atoms with van der Waals surface area (Å²) in [6.07, 6.45) is 0. The Morgan fingerprint density at radius 1 is 1.06 bits per heavy atom. The molecule has 0 saturated carbocycles. The lowest BCUT2D eigenvalue weighted by molar-refractivity contribution is 0.516. The van der Waals surface area contributed by atoms with E-state index in [1.807, 2.05) is 19.2 Å². The predicted octanol–water partition coefficient (Wildman–Crippen LogP) is 2.95. The Morgan fingerprint density at radius 3 is 2.56 bits per heavy atom. The summed E-state index contributed by atoms with van der Waals surface area (Å²) in [6.45, 7) is 4.39. The van der Waals surface area contributed by atoms with Crippen molar-refractivity contribution in [1.29, 1.82) is 0 Å². The monoisotopic (exact) mass is 214 g/mol. The molecule has 2 atom stereocenters. The van der Waals surface area contributed by atoms with Gasteiger partial charge in [-0.2, -0.15) is 0 Å². The van der Waals surface area contributed by atoms with Crippen LogP contribution in [-0.2, 0) is 0 Å². The second-order valence-corrected chi connectivity index (χ2v) is 4.29. The summed E-state index contributed by atoms with van der Waals surface area (Å²) >= 11 is 0. The van der Waals surface area contributed by atoms with Crippen LogP contribution in [0.2, 0.25) is 0 Å². The number of fused-ring (bicyclic) bond motifs is 1. The Hall–Kier alpha value is -1.41. The van der Waals surface area contributed by atoms with Gasteiger partial charge in [0, 0.05) is 23.0 Å². The standard InChI is InChI=1S/C14H18N2/c1-10(11(2)15-3)13-9-8-12-6-4-5-7-14(12)16-13/h4-11,15H,1-3H3. The maximum Gasteiger partial charge on any atom is 0.0705 e. The molecule has 0 aliphatic heterocycles. The fourth-order valence-corrected chi connectivity index (χ4v) is 1.84. The predicted molar refractivity (Wildman–Crippen MR) is 68.7 cm³/mol. The van der Waals surface area contributed by atoms with Gasteiger partial charge in [0.1, 0.15) is 0 Å². The molecule has 0 aliphatic carbocycles. The van der Waals surface area contributed by atoms with Gasteiger partial charge >= 0.3 is 0 Å². The fraction of sp³-hybridized carbons (Fsp3) is 0.357. The van der Waals surface area contributed by atoms with E-state index in [9.17, 15) is 0 Å². The van der Waals surface area contributed by atoms with Crippen molar-refractivity contribution in [2.75, 3.05) is 7.05 Å². The summed E-state index contributed by atoms with van der Waals surface area (Å²) in [4.78, 5) is 4.70. The molecule has 0 spiro atoms. The molecule has 2 nitrogen and oxygen atoms in total. The first kappa shape index (κ1) is 11.1. The largest absolute Gasteiger partial charge is 0.317 e. The van der Waals surface area contributed by atoms with E-state index in [4.69, 9.17) is 4.98 Å². The van der Waals surface area contributed by atoms with Gasteiger partial charge in [0.2, 0.25) is 0 Å². The topological polar surface area (TPSA) is 24.9 Å². The zero-order valence-electron chi connectivity index (χ0n) is 10.1. The van der Waals surface area contributed by atoms with E-state index in [1.54, 1.807) is 0 Å². The minimum atomic E-state index is 0.426. The van der Waals surface area contributed by atoms with Gasteiger partial charge < -0.3 is 5.32 Å². The van der Waals surface area contributed by atoms with Gasteiger partial charge in [-0.3, -0.25) is 4.98 Å². The van der Waals surface area contributed by atoms with Gasteiger partial charge in [-0.25, -0.2) is 0 Å². The number of likely N-dealkylation sites (N-methyl/N-ethyl adjacent to an activating group) is 1. The smallest absolute Gasteiger partial charge is 0.0705 e. The summed E-state index contributed by atoms with van der Waals surface area (Å²) in [5, 5.41) is 4.48. The number of para-hydroxylation sites is 1. The molecule has 0 fully saturated rings. The number of benzene rings is 1. The summed E-state index contributed by atoms with van der Waals surface area (Å²) in [7, 11) is 1.99. The lowest BCUT2D eigenvalue weighted by Gasteiger charge is -2.18. The Labute approximate surface area is 96.7 Å². The Bertz CT molecular complexity index is 479. The van der Waals surface area contributed by atoms with Gasteiger partial charge in [-0.1, -0.05) is 31.2 Å². The lowest BCUT2D eigenvalue weighted by Crippen LogP contribution is -2.27. The fourth-order valence-electron chi connectivity index (χ4n) is 1.84. The molecule has 1 aromatic carbocycles. The molecule has 1 heterocycles. The highest BCUT2D eigenvalue weighted by molar-refractivity contribution is 5.78. The van der Waals surface area contributed by atoms with Crippen LogP contribution >= 0.6 is 0 Å². The van der Waals surface area contributed by atoms with Gasteiger partial charge in [0.05, 0.1) is 5.52 Å². The van der Waals surface area contributed by atoms with Crippen LogP contribution in [0.25, 0.3) is 10.9 Å². The Morgan fingerprint density at radius 2 is 1.81 bits per heavy atom. The van der Waals surface area contributed by atoms with E-state index < -0.39 is 0 Å². The molecule has 0 radical (unpaired) electrons. The molecule has 0 saturated heterocycles. The van der Waals surface area contributed by atoms with Crippen molar-refractivity contribution in [3.63, 3.8) is 0 Å². The van der Waals surface area contributed by atoms with Gasteiger partial charge in [-0.05, 0) is 26.1 Å². The third kappa shape index (κ3) is 2.07. The minimum absolute atomic E-state index is 0.426. The van der Waals surface area contributed by atoms with Gasteiger partial charge in [0.15, 0.2) is 0 Å². The van der Waals surface area contributed by atoms with Crippen LogP contribution in [0.4, 0.5) is 0 Å². The number of nitrogens with zero attached hydrogens (tertiary/aromatic N) is 1. The van der Waals surface area contributed by atoms with Crippen LogP contribution in [0, 0.1) is 0 Å². The molecule has 0 amide bonds. The maximum atomic E-state index is 4.70. The summed E-state index contributed by atoms with van der Waals surface area (Å²) in [6, 6.07) is 13.0. The molecular formula is C14H18N2. The lowest BCUT2D eigenvalue weighted by atomic mass is 9.98. The second kappa shape index (κ2) is 4.62. The highest BCUT2D eigenvalue weighted by Crippen LogP contribution is 2.20. The van der Waals surface area contributed by atoms with Crippen LogP contribution in [0.1, 0.15) is 25.5 Å². The van der Waals surface area contributed by atoms with E-state index in [0.29, 0.717) is 12.0 Å². The van der Waals surface area contributed by atoms with Crippen LogP contribution in [0.5, 0.6) is 0 Å². The van der Waals surface area contributed by atoms with Crippen LogP contribution < -0.4 is 5.32 Å². The minimum Gasteiger partial charge on any atom is -0.317 e. The Kier molecular flexibility index (Phi) is 3.20. The zero-order valence-corrected chi connectivity index (χ0v) is 10.1.